The van der Waals surface area contributed by atoms with Crippen LogP contribution in [-0.2, 0) is 0 Å². The van der Waals surface area contributed by atoms with Crippen LogP contribution in [0, 0.1) is 0 Å². The van der Waals surface area contributed by atoms with Gasteiger partial charge in [-0.25, -0.2) is 9.97 Å². The number of aromatic nitrogens is 3. The summed E-state index contributed by atoms with van der Waals surface area (Å²) < 4.78 is 12.3. The Morgan fingerprint density at radius 1 is 1.10 bits per heavy atom. The van der Waals surface area contributed by atoms with Crippen LogP contribution in [0.5, 0.6) is 11.5 Å². The summed E-state index contributed by atoms with van der Waals surface area (Å²) in [6.07, 6.45) is 3.52. The number of halogens is 1. The van der Waals surface area contributed by atoms with Crippen molar-refractivity contribution in [1.82, 2.24) is 14.4 Å². The highest BCUT2D eigenvalue weighted by molar-refractivity contribution is 6.29. The quantitative estimate of drug-likeness (QED) is 0.695. The minimum absolute atomic E-state index is 0.418. The zero-order valence-electron chi connectivity index (χ0n) is 11.0. The lowest BCUT2D eigenvalue weighted by Gasteiger charge is -2.08. The van der Waals surface area contributed by atoms with E-state index in [0.717, 1.165) is 16.9 Å². The number of fused-ring (bicyclic) bond motifs is 1. The number of methoxy groups -OCH3 is 2. The third-order valence-electron chi connectivity index (χ3n) is 2.99. The smallest absolute Gasteiger partial charge is 0.161 e. The number of ether oxygens (including phenoxy) is 2. The van der Waals surface area contributed by atoms with Crippen molar-refractivity contribution in [2.24, 2.45) is 0 Å². The summed E-state index contributed by atoms with van der Waals surface area (Å²) in [5, 5.41) is 0.418. The summed E-state index contributed by atoms with van der Waals surface area (Å²) in [6.45, 7) is 0. The number of nitrogens with zero attached hydrogens (tertiary/aromatic N) is 3. The Balaban J connectivity index is 2.10. The van der Waals surface area contributed by atoms with Crippen molar-refractivity contribution in [3.05, 3.63) is 41.9 Å². The molecule has 0 saturated heterocycles. The van der Waals surface area contributed by atoms with E-state index in [2.05, 4.69) is 9.97 Å². The Morgan fingerprint density at radius 3 is 2.65 bits per heavy atom. The van der Waals surface area contributed by atoms with Crippen LogP contribution in [-0.4, -0.2) is 28.6 Å². The predicted octanol–water partition coefficient (Wildman–Crippen LogP) is 3.07. The molecule has 2 aromatic heterocycles. The molecule has 102 valence electrons. The van der Waals surface area contributed by atoms with Crippen LogP contribution in [0.25, 0.3) is 16.9 Å². The molecular weight excluding hydrogens is 278 g/mol. The lowest BCUT2D eigenvalue weighted by Crippen LogP contribution is -1.90. The molecule has 0 fully saturated rings. The van der Waals surface area contributed by atoms with Gasteiger partial charge in [0.25, 0.3) is 0 Å². The van der Waals surface area contributed by atoms with Crippen LogP contribution in [0.2, 0.25) is 5.15 Å². The molecule has 0 saturated carbocycles. The summed E-state index contributed by atoms with van der Waals surface area (Å²) in [4.78, 5) is 8.54. The van der Waals surface area contributed by atoms with Gasteiger partial charge in [0.2, 0.25) is 0 Å². The Labute approximate surface area is 120 Å². The molecule has 6 heteroatoms. The molecule has 0 radical (unpaired) electrons. The highest BCUT2D eigenvalue weighted by Gasteiger charge is 2.09. The molecule has 0 bridgehead atoms. The average molecular weight is 290 g/mol. The van der Waals surface area contributed by atoms with Gasteiger partial charge < -0.3 is 9.47 Å². The topological polar surface area (TPSA) is 48.7 Å². The average Bonchev–Trinajstić information content (AvgIpc) is 2.89. The van der Waals surface area contributed by atoms with E-state index >= 15 is 0 Å². The maximum atomic E-state index is 5.86. The number of imidazole rings is 1. The second-order valence-electron chi connectivity index (χ2n) is 4.17. The van der Waals surface area contributed by atoms with Crippen molar-refractivity contribution in [3.8, 4) is 22.8 Å². The first-order valence-electron chi connectivity index (χ1n) is 5.94. The van der Waals surface area contributed by atoms with Crippen molar-refractivity contribution in [3.63, 3.8) is 0 Å². The van der Waals surface area contributed by atoms with E-state index in [0.29, 0.717) is 16.7 Å². The van der Waals surface area contributed by atoms with E-state index in [1.54, 1.807) is 26.6 Å². The fraction of sp³-hybridized carbons (Fsp3) is 0.143. The number of rotatable bonds is 3. The monoisotopic (exact) mass is 289 g/mol. The van der Waals surface area contributed by atoms with Crippen molar-refractivity contribution >= 4 is 17.2 Å². The van der Waals surface area contributed by atoms with Gasteiger partial charge in [-0.1, -0.05) is 11.6 Å². The highest BCUT2D eigenvalue weighted by atomic mass is 35.5. The third kappa shape index (κ3) is 2.16. The van der Waals surface area contributed by atoms with Crippen LogP contribution in [0.3, 0.4) is 0 Å². The Hall–Kier alpha value is -2.27. The molecule has 0 atom stereocenters. The van der Waals surface area contributed by atoms with Crippen molar-refractivity contribution in [1.29, 1.82) is 0 Å². The van der Waals surface area contributed by atoms with Gasteiger partial charge in [0.05, 0.1) is 19.9 Å². The number of hydrogen-bond acceptors (Lipinski definition) is 4. The maximum absolute atomic E-state index is 5.86. The first-order valence-corrected chi connectivity index (χ1v) is 6.31. The molecule has 20 heavy (non-hydrogen) atoms. The van der Waals surface area contributed by atoms with Crippen LogP contribution in [0.1, 0.15) is 0 Å². The second-order valence-corrected chi connectivity index (χ2v) is 4.56. The van der Waals surface area contributed by atoms with E-state index < -0.39 is 0 Å². The lowest BCUT2D eigenvalue weighted by molar-refractivity contribution is 0.355. The van der Waals surface area contributed by atoms with E-state index in [-0.39, 0.29) is 0 Å². The SMILES string of the molecule is COc1ccc(-c2cn3cnc(Cl)cc3n2)cc1OC. The highest BCUT2D eigenvalue weighted by Crippen LogP contribution is 2.32. The van der Waals surface area contributed by atoms with Gasteiger partial charge in [0.15, 0.2) is 11.5 Å². The summed E-state index contributed by atoms with van der Waals surface area (Å²) >= 11 is 5.86. The second kappa shape index (κ2) is 5.02. The fourth-order valence-corrected chi connectivity index (χ4v) is 2.14. The van der Waals surface area contributed by atoms with E-state index in [9.17, 15) is 0 Å². The van der Waals surface area contributed by atoms with Gasteiger partial charge in [-0.15, -0.1) is 0 Å². The van der Waals surface area contributed by atoms with E-state index in [1.165, 1.54) is 0 Å². The van der Waals surface area contributed by atoms with Gasteiger partial charge in [-0.3, -0.25) is 4.40 Å². The summed E-state index contributed by atoms with van der Waals surface area (Å²) in [5.74, 6) is 1.35. The van der Waals surface area contributed by atoms with E-state index in [1.807, 2.05) is 28.8 Å². The van der Waals surface area contributed by atoms with Gasteiger partial charge in [0, 0.05) is 17.8 Å². The maximum Gasteiger partial charge on any atom is 0.161 e. The standard InChI is InChI=1S/C14H12ClN3O2/c1-19-11-4-3-9(5-12(11)20-2)10-7-18-8-16-13(15)6-14(18)17-10/h3-8H,1-2H3. The van der Waals surface area contributed by atoms with Crippen LogP contribution >= 0.6 is 11.6 Å². The molecule has 0 aliphatic heterocycles. The Morgan fingerprint density at radius 2 is 1.90 bits per heavy atom. The summed E-state index contributed by atoms with van der Waals surface area (Å²) in [7, 11) is 3.21. The molecule has 0 amide bonds. The molecule has 1 aromatic carbocycles. The van der Waals surface area contributed by atoms with Gasteiger partial charge in [-0.2, -0.15) is 0 Å². The van der Waals surface area contributed by atoms with Crippen LogP contribution < -0.4 is 9.47 Å². The number of hydrogen-bond donors (Lipinski definition) is 0. The van der Waals surface area contributed by atoms with Crippen molar-refractivity contribution in [2.75, 3.05) is 14.2 Å². The van der Waals surface area contributed by atoms with Crippen molar-refractivity contribution in [2.45, 2.75) is 0 Å². The largest absolute Gasteiger partial charge is 0.493 e. The summed E-state index contributed by atoms with van der Waals surface area (Å²) in [5.41, 5.74) is 2.49. The lowest BCUT2D eigenvalue weighted by atomic mass is 10.1. The zero-order chi connectivity index (χ0) is 14.1. The normalized spacial score (nSPS) is 10.8. The molecular formula is C14H12ClN3O2. The van der Waals surface area contributed by atoms with Crippen LogP contribution in [0.15, 0.2) is 36.8 Å². The minimum atomic E-state index is 0.418. The Bertz CT molecular complexity index is 770. The fourth-order valence-electron chi connectivity index (χ4n) is 2.00. The van der Waals surface area contributed by atoms with Crippen molar-refractivity contribution < 1.29 is 9.47 Å². The predicted molar refractivity (Wildman–Crippen MR) is 76.5 cm³/mol. The van der Waals surface area contributed by atoms with Gasteiger partial charge in [-0.05, 0) is 18.2 Å². The molecule has 3 rings (SSSR count). The summed E-state index contributed by atoms with van der Waals surface area (Å²) in [6, 6.07) is 7.38. The molecule has 0 unspecified atom stereocenters. The first-order chi connectivity index (χ1) is 9.71. The van der Waals surface area contributed by atoms with E-state index in [4.69, 9.17) is 21.1 Å². The molecule has 3 aromatic rings. The van der Waals surface area contributed by atoms with Crippen LogP contribution in [0.4, 0.5) is 0 Å². The molecule has 0 spiro atoms. The first kappa shape index (κ1) is 12.7. The van der Waals surface area contributed by atoms with Gasteiger partial charge in [0.1, 0.15) is 17.1 Å². The van der Waals surface area contributed by atoms with Gasteiger partial charge >= 0.3 is 0 Å². The minimum Gasteiger partial charge on any atom is -0.493 e. The third-order valence-corrected chi connectivity index (χ3v) is 3.20. The molecule has 0 aliphatic carbocycles. The molecule has 0 aliphatic rings. The Kier molecular flexibility index (Phi) is 3.20. The molecule has 5 nitrogen and oxygen atoms in total. The molecule has 0 N–H and O–H groups in total. The zero-order valence-corrected chi connectivity index (χ0v) is 11.8. The number of benzene rings is 1. The molecule has 2 heterocycles.